The van der Waals surface area contributed by atoms with Crippen molar-refractivity contribution in [2.24, 2.45) is 11.7 Å². The molecule has 1 fully saturated rings. The lowest BCUT2D eigenvalue weighted by atomic mass is 10.1. The van der Waals surface area contributed by atoms with Crippen molar-refractivity contribution >= 4 is 5.91 Å². The van der Waals surface area contributed by atoms with Crippen LogP contribution in [-0.4, -0.2) is 55.4 Å². The maximum Gasteiger partial charge on any atom is 0.248 e. The highest BCUT2D eigenvalue weighted by atomic mass is 16.5. The number of amides is 1. The number of likely N-dealkylation sites (tertiary alicyclic amines) is 1. The Morgan fingerprint density at radius 1 is 1.64 bits per heavy atom. The van der Waals surface area contributed by atoms with Crippen LogP contribution in [-0.2, 0) is 9.53 Å². The van der Waals surface area contributed by atoms with Crippen LogP contribution in [0.25, 0.3) is 0 Å². The molecule has 3 N–H and O–H groups in total. The van der Waals surface area contributed by atoms with Gasteiger partial charge in [-0.2, -0.15) is 0 Å². The molecule has 0 aromatic carbocycles. The fraction of sp³-hybridized carbons (Fsp3) is 0.889. The maximum absolute atomic E-state index is 11.5. The van der Waals surface area contributed by atoms with Gasteiger partial charge in [0.15, 0.2) is 0 Å². The van der Waals surface area contributed by atoms with Crippen molar-refractivity contribution in [1.29, 1.82) is 0 Å². The first-order chi connectivity index (χ1) is 6.77. The minimum atomic E-state index is -0.00519. The average molecular weight is 202 g/mol. The van der Waals surface area contributed by atoms with Crippen molar-refractivity contribution in [3.05, 3.63) is 0 Å². The summed E-state index contributed by atoms with van der Waals surface area (Å²) in [7, 11) is 0. The molecule has 5 heteroatoms. The van der Waals surface area contributed by atoms with Gasteiger partial charge in [0, 0.05) is 32.2 Å². The van der Waals surface area contributed by atoms with Gasteiger partial charge in [-0.25, -0.2) is 0 Å². The Labute approximate surface area is 83.8 Å². The molecule has 0 aliphatic carbocycles. The van der Waals surface area contributed by atoms with Gasteiger partial charge in [-0.05, 0) is 6.42 Å². The molecule has 0 radical (unpaired) electrons. The molecule has 1 rings (SSSR count). The molecule has 1 unspecified atom stereocenters. The molecule has 0 spiro atoms. The zero-order valence-electron chi connectivity index (χ0n) is 8.32. The fourth-order valence-corrected chi connectivity index (χ4v) is 1.54. The van der Waals surface area contributed by atoms with Gasteiger partial charge < -0.3 is 20.5 Å². The highest BCUT2D eigenvalue weighted by Crippen LogP contribution is 2.15. The van der Waals surface area contributed by atoms with E-state index in [0.717, 1.165) is 13.0 Å². The smallest absolute Gasteiger partial charge is 0.248 e. The van der Waals surface area contributed by atoms with Crippen LogP contribution >= 0.6 is 0 Å². The van der Waals surface area contributed by atoms with Gasteiger partial charge in [-0.1, -0.05) is 0 Å². The summed E-state index contributed by atoms with van der Waals surface area (Å²) >= 11 is 0. The molecule has 0 aromatic heterocycles. The molecule has 1 aliphatic heterocycles. The lowest BCUT2D eigenvalue weighted by molar-refractivity contribution is -0.135. The normalized spacial score (nSPS) is 21.6. The quantitative estimate of drug-likeness (QED) is 0.549. The molecule has 82 valence electrons. The number of aliphatic hydroxyl groups excluding tert-OH is 1. The molecule has 0 bridgehead atoms. The molecular weight excluding hydrogens is 184 g/mol. The molecule has 0 aromatic rings. The van der Waals surface area contributed by atoms with E-state index in [1.165, 1.54) is 0 Å². The van der Waals surface area contributed by atoms with Gasteiger partial charge in [-0.3, -0.25) is 4.79 Å². The second-order valence-corrected chi connectivity index (χ2v) is 3.52. The summed E-state index contributed by atoms with van der Waals surface area (Å²) in [6, 6.07) is 0. The first-order valence-electron chi connectivity index (χ1n) is 4.94. The van der Waals surface area contributed by atoms with E-state index in [4.69, 9.17) is 15.6 Å². The molecular formula is C9H18N2O3. The molecule has 5 nitrogen and oxygen atoms in total. The summed E-state index contributed by atoms with van der Waals surface area (Å²) < 4.78 is 5.05. The number of nitrogens with two attached hydrogens (primary N) is 1. The zero-order chi connectivity index (χ0) is 10.4. The third-order valence-electron chi connectivity index (χ3n) is 2.38. The summed E-state index contributed by atoms with van der Waals surface area (Å²) in [5.41, 5.74) is 5.23. The number of aliphatic hydroxyl groups is 1. The number of carbonyl (C=O) groups is 1. The Morgan fingerprint density at radius 3 is 3.00 bits per heavy atom. The lowest BCUT2D eigenvalue weighted by Crippen LogP contribution is -2.32. The summed E-state index contributed by atoms with van der Waals surface area (Å²) in [5, 5.41) is 8.89. The Kier molecular flexibility index (Phi) is 4.86. The summed E-state index contributed by atoms with van der Waals surface area (Å²) in [6.45, 7) is 2.51. The highest BCUT2D eigenvalue weighted by molar-refractivity contribution is 5.77. The van der Waals surface area contributed by atoms with Crippen molar-refractivity contribution < 1.29 is 14.6 Å². The van der Waals surface area contributed by atoms with Crippen molar-refractivity contribution in [2.45, 2.75) is 6.42 Å². The van der Waals surface area contributed by atoms with Gasteiger partial charge in [0.25, 0.3) is 0 Å². The Bertz CT molecular complexity index is 187. The van der Waals surface area contributed by atoms with Gasteiger partial charge in [0.1, 0.15) is 6.61 Å². The number of rotatable bonds is 5. The molecule has 1 heterocycles. The predicted molar refractivity (Wildman–Crippen MR) is 51.6 cm³/mol. The van der Waals surface area contributed by atoms with Gasteiger partial charge in [0.05, 0.1) is 6.61 Å². The third kappa shape index (κ3) is 3.25. The first kappa shape index (κ1) is 11.4. The lowest BCUT2D eigenvalue weighted by Gasteiger charge is -2.15. The number of nitrogens with zero attached hydrogens (tertiary/aromatic N) is 1. The van der Waals surface area contributed by atoms with Gasteiger partial charge in [-0.15, -0.1) is 0 Å². The van der Waals surface area contributed by atoms with Crippen molar-refractivity contribution in [3.8, 4) is 0 Å². The Balaban J connectivity index is 2.18. The van der Waals surface area contributed by atoms with Crippen LogP contribution in [0.1, 0.15) is 6.42 Å². The predicted octanol–water partition coefficient (Wildman–Crippen LogP) is -1.20. The average Bonchev–Trinajstić information content (AvgIpc) is 2.66. The van der Waals surface area contributed by atoms with E-state index in [1.807, 2.05) is 0 Å². The Morgan fingerprint density at radius 2 is 2.43 bits per heavy atom. The van der Waals surface area contributed by atoms with Crippen molar-refractivity contribution in [2.75, 3.05) is 39.5 Å². The van der Waals surface area contributed by atoms with Crippen LogP contribution < -0.4 is 5.73 Å². The molecule has 1 amide bonds. The molecule has 14 heavy (non-hydrogen) atoms. The maximum atomic E-state index is 11.5. The van der Waals surface area contributed by atoms with E-state index in [-0.39, 0.29) is 25.0 Å². The number of ether oxygens (including phenoxy) is 1. The van der Waals surface area contributed by atoms with Crippen molar-refractivity contribution in [3.63, 3.8) is 0 Å². The van der Waals surface area contributed by atoms with E-state index in [2.05, 4.69) is 0 Å². The minimum absolute atomic E-state index is 0.00519. The minimum Gasteiger partial charge on any atom is -0.396 e. The van der Waals surface area contributed by atoms with Crippen LogP contribution in [0.2, 0.25) is 0 Å². The van der Waals surface area contributed by atoms with E-state index in [0.29, 0.717) is 19.7 Å². The Hall–Kier alpha value is -0.650. The topological polar surface area (TPSA) is 75.8 Å². The van der Waals surface area contributed by atoms with E-state index in [9.17, 15) is 4.79 Å². The molecule has 1 aliphatic rings. The standard InChI is InChI=1S/C9H18N2O3/c10-2-4-14-7-9(13)11-3-1-8(5-11)6-12/h8,12H,1-7,10H2. The first-order valence-corrected chi connectivity index (χ1v) is 4.94. The summed E-state index contributed by atoms with van der Waals surface area (Å²) in [4.78, 5) is 13.2. The van der Waals surface area contributed by atoms with Gasteiger partial charge >= 0.3 is 0 Å². The fourth-order valence-electron chi connectivity index (χ4n) is 1.54. The monoisotopic (exact) mass is 202 g/mol. The second-order valence-electron chi connectivity index (χ2n) is 3.52. The van der Waals surface area contributed by atoms with Crippen LogP contribution in [0.4, 0.5) is 0 Å². The van der Waals surface area contributed by atoms with Crippen LogP contribution in [0.3, 0.4) is 0 Å². The third-order valence-corrected chi connectivity index (χ3v) is 2.38. The second kappa shape index (κ2) is 5.95. The molecule has 1 saturated heterocycles. The highest BCUT2D eigenvalue weighted by Gasteiger charge is 2.25. The van der Waals surface area contributed by atoms with Crippen LogP contribution in [0.5, 0.6) is 0 Å². The SMILES string of the molecule is NCCOCC(=O)N1CCC(CO)C1. The van der Waals surface area contributed by atoms with Crippen molar-refractivity contribution in [1.82, 2.24) is 4.90 Å². The number of carbonyl (C=O) groups excluding carboxylic acids is 1. The van der Waals surface area contributed by atoms with Crippen LogP contribution in [0.15, 0.2) is 0 Å². The number of hydrogen-bond donors (Lipinski definition) is 2. The van der Waals surface area contributed by atoms with E-state index < -0.39 is 0 Å². The molecule has 1 atom stereocenters. The van der Waals surface area contributed by atoms with Gasteiger partial charge in [0.2, 0.25) is 5.91 Å². The summed E-state index contributed by atoms with van der Waals surface area (Å²) in [5.74, 6) is 0.239. The van der Waals surface area contributed by atoms with E-state index in [1.54, 1.807) is 4.90 Å². The van der Waals surface area contributed by atoms with E-state index >= 15 is 0 Å². The number of hydrogen-bond acceptors (Lipinski definition) is 4. The molecule has 0 saturated carbocycles. The summed E-state index contributed by atoms with van der Waals surface area (Å²) in [6.07, 6.45) is 0.888. The zero-order valence-corrected chi connectivity index (χ0v) is 8.32. The largest absolute Gasteiger partial charge is 0.396 e. The van der Waals surface area contributed by atoms with Crippen LogP contribution in [0, 0.1) is 5.92 Å².